The summed E-state index contributed by atoms with van der Waals surface area (Å²) in [5.41, 5.74) is 0.496. The van der Waals surface area contributed by atoms with Gasteiger partial charge in [0.2, 0.25) is 0 Å². The second kappa shape index (κ2) is 9.56. The fourth-order valence-electron chi connectivity index (χ4n) is 2.33. The minimum Gasteiger partial charge on any atom is -0.493 e. The third kappa shape index (κ3) is 5.31. The topological polar surface area (TPSA) is 66.0 Å². The van der Waals surface area contributed by atoms with Crippen LogP contribution in [-0.4, -0.2) is 39.4 Å². The highest BCUT2D eigenvalue weighted by Crippen LogP contribution is 2.29. The molecule has 0 unspecified atom stereocenters. The van der Waals surface area contributed by atoms with Crippen molar-refractivity contribution in [1.29, 1.82) is 0 Å². The van der Waals surface area contributed by atoms with Crippen LogP contribution < -0.4 is 24.3 Å². The van der Waals surface area contributed by atoms with Crippen LogP contribution in [0.25, 0.3) is 0 Å². The molecule has 6 nitrogen and oxygen atoms in total. The van der Waals surface area contributed by atoms with E-state index >= 15 is 0 Å². The van der Waals surface area contributed by atoms with Crippen molar-refractivity contribution in [2.24, 2.45) is 0 Å². The molecule has 1 N–H and O–H groups in total. The van der Waals surface area contributed by atoms with E-state index in [1.54, 1.807) is 32.4 Å². The summed E-state index contributed by atoms with van der Waals surface area (Å²) in [5.74, 6) is 2.23. The summed E-state index contributed by atoms with van der Waals surface area (Å²) in [5, 5.41) is 2.82. The Morgan fingerprint density at radius 1 is 0.962 bits per heavy atom. The fraction of sp³-hybridized carbons (Fsp3) is 0.350. The molecule has 0 bridgehead atoms. The smallest absolute Gasteiger partial charge is 0.251 e. The van der Waals surface area contributed by atoms with Crippen LogP contribution in [0.4, 0.5) is 0 Å². The molecule has 2 aromatic carbocycles. The number of benzene rings is 2. The zero-order chi connectivity index (χ0) is 18.9. The van der Waals surface area contributed by atoms with Crippen LogP contribution in [0.1, 0.15) is 24.2 Å². The monoisotopic (exact) mass is 359 g/mol. The second-order valence-corrected chi connectivity index (χ2v) is 5.79. The number of amides is 1. The first-order chi connectivity index (χ1) is 12.5. The number of carbonyl (C=O) groups excluding carboxylic acids is 1. The van der Waals surface area contributed by atoms with Crippen LogP contribution in [0.15, 0.2) is 42.5 Å². The molecule has 0 spiro atoms. The van der Waals surface area contributed by atoms with Crippen LogP contribution in [-0.2, 0) is 0 Å². The molecule has 2 rings (SSSR count). The normalized spacial score (nSPS) is 10.3. The van der Waals surface area contributed by atoms with Gasteiger partial charge in [-0.15, -0.1) is 0 Å². The first-order valence-electron chi connectivity index (χ1n) is 8.44. The minimum atomic E-state index is -0.206. The quantitative estimate of drug-likeness (QED) is 0.696. The molecule has 0 saturated heterocycles. The summed E-state index contributed by atoms with van der Waals surface area (Å²) in [6, 6.07) is 12.5. The number of para-hydroxylation sites is 2. The Bertz CT molecular complexity index is 730. The Kier molecular flexibility index (Phi) is 7.14. The van der Waals surface area contributed by atoms with E-state index in [1.165, 1.54) is 0 Å². The Morgan fingerprint density at radius 2 is 1.65 bits per heavy atom. The number of methoxy groups -OCH3 is 2. The van der Waals surface area contributed by atoms with E-state index in [2.05, 4.69) is 5.32 Å². The third-order valence-electron chi connectivity index (χ3n) is 3.50. The summed E-state index contributed by atoms with van der Waals surface area (Å²) in [6.07, 6.45) is 0.0238. The molecule has 2 aromatic rings. The van der Waals surface area contributed by atoms with Crippen LogP contribution >= 0.6 is 0 Å². The largest absolute Gasteiger partial charge is 0.493 e. The number of hydrogen-bond acceptors (Lipinski definition) is 5. The summed E-state index contributed by atoms with van der Waals surface area (Å²) in [4.78, 5) is 12.3. The van der Waals surface area contributed by atoms with Crippen LogP contribution in [0.3, 0.4) is 0 Å². The lowest BCUT2D eigenvalue weighted by molar-refractivity contribution is 0.0946. The Balaban J connectivity index is 1.89. The Hall–Kier alpha value is -2.89. The molecule has 0 aliphatic rings. The zero-order valence-corrected chi connectivity index (χ0v) is 15.6. The molecule has 0 fully saturated rings. The highest BCUT2D eigenvalue weighted by molar-refractivity contribution is 5.94. The van der Waals surface area contributed by atoms with Gasteiger partial charge < -0.3 is 24.3 Å². The molecule has 26 heavy (non-hydrogen) atoms. The maximum atomic E-state index is 12.3. The van der Waals surface area contributed by atoms with Gasteiger partial charge in [0, 0.05) is 5.56 Å². The van der Waals surface area contributed by atoms with Gasteiger partial charge in [0.15, 0.2) is 23.0 Å². The first-order valence-corrected chi connectivity index (χ1v) is 8.44. The van der Waals surface area contributed by atoms with Crippen molar-refractivity contribution in [3.8, 4) is 23.0 Å². The van der Waals surface area contributed by atoms with Gasteiger partial charge in [-0.25, -0.2) is 0 Å². The Morgan fingerprint density at radius 3 is 2.31 bits per heavy atom. The van der Waals surface area contributed by atoms with Crippen LogP contribution in [0, 0.1) is 0 Å². The summed E-state index contributed by atoms with van der Waals surface area (Å²) < 4.78 is 21.8. The standard InChI is InChI=1S/C20H25NO5/c1-14(2)26-18-10-9-15(13-19(18)24-4)20(22)21-11-12-25-17-8-6-5-7-16(17)23-3/h5-10,13-14H,11-12H2,1-4H3,(H,21,22). The summed E-state index contributed by atoms with van der Waals surface area (Å²) >= 11 is 0. The lowest BCUT2D eigenvalue weighted by Gasteiger charge is -2.14. The summed E-state index contributed by atoms with van der Waals surface area (Å²) in [6.45, 7) is 4.56. The number of ether oxygens (including phenoxy) is 4. The van der Waals surface area contributed by atoms with Crippen molar-refractivity contribution in [3.05, 3.63) is 48.0 Å². The second-order valence-electron chi connectivity index (χ2n) is 5.79. The van der Waals surface area contributed by atoms with Gasteiger partial charge in [-0.05, 0) is 44.2 Å². The SMILES string of the molecule is COc1ccccc1OCCNC(=O)c1ccc(OC(C)C)c(OC)c1. The molecule has 0 heterocycles. The average molecular weight is 359 g/mol. The molecule has 0 aliphatic heterocycles. The van der Waals surface area contributed by atoms with E-state index in [9.17, 15) is 4.79 Å². The maximum absolute atomic E-state index is 12.3. The lowest BCUT2D eigenvalue weighted by Crippen LogP contribution is -2.28. The average Bonchev–Trinajstić information content (AvgIpc) is 2.65. The molecular weight excluding hydrogens is 334 g/mol. The molecule has 0 atom stereocenters. The van der Waals surface area contributed by atoms with Gasteiger partial charge >= 0.3 is 0 Å². The van der Waals surface area contributed by atoms with E-state index < -0.39 is 0 Å². The van der Waals surface area contributed by atoms with Crippen molar-refractivity contribution in [3.63, 3.8) is 0 Å². The van der Waals surface area contributed by atoms with Crippen molar-refractivity contribution < 1.29 is 23.7 Å². The minimum absolute atomic E-state index is 0.0238. The fourth-order valence-corrected chi connectivity index (χ4v) is 2.33. The van der Waals surface area contributed by atoms with E-state index in [0.717, 1.165) is 0 Å². The molecule has 0 aromatic heterocycles. The highest BCUT2D eigenvalue weighted by atomic mass is 16.5. The van der Waals surface area contributed by atoms with Gasteiger partial charge in [0.25, 0.3) is 5.91 Å². The highest BCUT2D eigenvalue weighted by Gasteiger charge is 2.12. The van der Waals surface area contributed by atoms with Gasteiger partial charge in [0.1, 0.15) is 6.61 Å². The zero-order valence-electron chi connectivity index (χ0n) is 15.6. The molecule has 0 saturated carbocycles. The molecule has 0 radical (unpaired) electrons. The van der Waals surface area contributed by atoms with Crippen molar-refractivity contribution in [1.82, 2.24) is 5.32 Å². The summed E-state index contributed by atoms with van der Waals surface area (Å²) in [7, 11) is 3.13. The molecular formula is C20H25NO5. The van der Waals surface area contributed by atoms with Gasteiger partial charge in [0.05, 0.1) is 26.9 Å². The van der Waals surface area contributed by atoms with Crippen molar-refractivity contribution in [2.75, 3.05) is 27.4 Å². The number of carbonyl (C=O) groups is 1. The first kappa shape index (κ1) is 19.4. The molecule has 0 aliphatic carbocycles. The molecule has 6 heteroatoms. The predicted molar refractivity (Wildman–Crippen MR) is 99.6 cm³/mol. The van der Waals surface area contributed by atoms with Gasteiger partial charge in [-0.1, -0.05) is 12.1 Å². The van der Waals surface area contributed by atoms with Crippen molar-refractivity contribution in [2.45, 2.75) is 20.0 Å². The maximum Gasteiger partial charge on any atom is 0.251 e. The molecule has 140 valence electrons. The van der Waals surface area contributed by atoms with Crippen LogP contribution in [0.5, 0.6) is 23.0 Å². The molecule has 1 amide bonds. The third-order valence-corrected chi connectivity index (χ3v) is 3.50. The lowest BCUT2D eigenvalue weighted by atomic mass is 10.2. The van der Waals surface area contributed by atoms with Crippen LogP contribution in [0.2, 0.25) is 0 Å². The number of nitrogens with one attached hydrogen (secondary N) is 1. The predicted octanol–water partition coefficient (Wildman–Crippen LogP) is 3.30. The van der Waals surface area contributed by atoms with Crippen molar-refractivity contribution >= 4 is 5.91 Å². The van der Waals surface area contributed by atoms with E-state index in [1.807, 2.05) is 38.1 Å². The van der Waals surface area contributed by atoms with E-state index in [4.69, 9.17) is 18.9 Å². The van der Waals surface area contributed by atoms with Gasteiger partial charge in [-0.3, -0.25) is 4.79 Å². The van der Waals surface area contributed by atoms with E-state index in [-0.39, 0.29) is 12.0 Å². The van der Waals surface area contributed by atoms with Gasteiger partial charge in [-0.2, -0.15) is 0 Å². The number of rotatable bonds is 9. The Labute approximate surface area is 154 Å². The number of hydrogen-bond donors (Lipinski definition) is 1. The van der Waals surface area contributed by atoms with E-state index in [0.29, 0.717) is 41.7 Å².